The third-order valence-corrected chi connectivity index (χ3v) is 4.79. The Kier molecular flexibility index (Phi) is 20.5. The van der Waals surface area contributed by atoms with Crippen LogP contribution in [-0.2, 0) is 57.2 Å². The highest BCUT2D eigenvalue weighted by Crippen LogP contribution is 2.22. The van der Waals surface area contributed by atoms with Gasteiger partial charge in [0.25, 0.3) is 0 Å². The van der Waals surface area contributed by atoms with Gasteiger partial charge in [0.05, 0.1) is 18.6 Å². The normalized spacial score (nSPS) is 10.1. The predicted octanol–water partition coefficient (Wildman–Crippen LogP) is 0.305. The number of hydrogen-bond donors (Lipinski definition) is 2. The molecular formula is C28H36O14. The number of esters is 6. The molecule has 0 heterocycles. The Morgan fingerprint density at radius 1 is 0.405 bits per heavy atom. The van der Waals surface area contributed by atoms with E-state index in [4.69, 9.17) is 38.6 Å². The van der Waals surface area contributed by atoms with Crippen LogP contribution in [0, 0.1) is 10.8 Å². The lowest BCUT2D eigenvalue weighted by molar-refractivity contribution is -0.164. The summed E-state index contributed by atoms with van der Waals surface area (Å²) in [5.41, 5.74) is -2.56. The van der Waals surface area contributed by atoms with Gasteiger partial charge in [-0.15, -0.1) is 0 Å². The highest BCUT2D eigenvalue weighted by atomic mass is 16.6. The molecule has 0 spiro atoms. The zero-order valence-electron chi connectivity index (χ0n) is 23.2. The number of carbonyl (C=O) groups excluding carboxylic acids is 6. The van der Waals surface area contributed by atoms with Gasteiger partial charge in [-0.2, -0.15) is 0 Å². The summed E-state index contributed by atoms with van der Waals surface area (Å²) < 4.78 is 29.2. The first-order valence-corrected chi connectivity index (χ1v) is 11.8. The van der Waals surface area contributed by atoms with E-state index in [0.29, 0.717) is 0 Å². The highest BCUT2D eigenvalue weighted by Gasteiger charge is 2.37. The lowest BCUT2D eigenvalue weighted by Crippen LogP contribution is -2.43. The Balaban J connectivity index is 0. The fraction of sp³-hybridized carbons (Fsp3) is 0.357. The van der Waals surface area contributed by atoms with E-state index in [9.17, 15) is 28.8 Å². The van der Waals surface area contributed by atoms with E-state index in [1.54, 1.807) is 0 Å². The molecular weight excluding hydrogens is 560 g/mol. The zero-order chi connectivity index (χ0) is 32.6. The van der Waals surface area contributed by atoms with Gasteiger partial charge in [-0.1, -0.05) is 39.5 Å². The average molecular weight is 597 g/mol. The SMILES string of the molecule is C=CC(=O)OCC(CO)(CO)COC(=O)C=C.C=CC(=O)OCC(COC(=O)C=C)(COC(=O)C=C)COC(=O)C=C. The monoisotopic (exact) mass is 596 g/mol. The van der Waals surface area contributed by atoms with Crippen LogP contribution < -0.4 is 0 Å². The fourth-order valence-electron chi connectivity index (χ4n) is 2.22. The minimum Gasteiger partial charge on any atom is -0.462 e. The first-order chi connectivity index (χ1) is 19.8. The molecule has 0 bridgehead atoms. The van der Waals surface area contributed by atoms with Gasteiger partial charge in [0.15, 0.2) is 0 Å². The molecule has 0 aromatic rings. The van der Waals surface area contributed by atoms with Gasteiger partial charge in [-0.3, -0.25) is 0 Å². The number of aliphatic hydroxyl groups is 2. The first-order valence-electron chi connectivity index (χ1n) is 11.8. The second kappa shape index (κ2) is 21.9. The Bertz CT molecular complexity index is 879. The molecule has 2 N–H and O–H groups in total. The van der Waals surface area contributed by atoms with Crippen LogP contribution in [0.5, 0.6) is 0 Å². The Morgan fingerprint density at radius 2 is 0.571 bits per heavy atom. The van der Waals surface area contributed by atoms with Crippen molar-refractivity contribution in [2.24, 2.45) is 10.8 Å². The van der Waals surface area contributed by atoms with Gasteiger partial charge in [0, 0.05) is 36.5 Å². The summed E-state index contributed by atoms with van der Waals surface area (Å²) in [5.74, 6) is -4.42. The molecule has 0 rings (SSSR count). The molecule has 0 aromatic carbocycles. The highest BCUT2D eigenvalue weighted by molar-refractivity contribution is 5.83. The second-order valence-electron chi connectivity index (χ2n) is 8.19. The number of hydrogen-bond acceptors (Lipinski definition) is 14. The molecule has 0 saturated carbocycles. The fourth-order valence-corrected chi connectivity index (χ4v) is 2.22. The molecule has 42 heavy (non-hydrogen) atoms. The van der Waals surface area contributed by atoms with E-state index in [2.05, 4.69) is 39.5 Å². The summed E-state index contributed by atoms with van der Waals surface area (Å²) >= 11 is 0. The van der Waals surface area contributed by atoms with E-state index >= 15 is 0 Å². The van der Waals surface area contributed by atoms with Crippen molar-refractivity contribution in [3.05, 3.63) is 75.9 Å². The molecule has 0 aliphatic carbocycles. The number of rotatable bonds is 20. The largest absolute Gasteiger partial charge is 0.462 e. The summed E-state index contributed by atoms with van der Waals surface area (Å²) in [6.07, 6.45) is 5.60. The molecule has 0 atom stereocenters. The van der Waals surface area contributed by atoms with Crippen molar-refractivity contribution in [2.75, 3.05) is 52.9 Å². The molecule has 14 nitrogen and oxygen atoms in total. The van der Waals surface area contributed by atoms with Gasteiger partial charge in [-0.05, 0) is 0 Å². The smallest absolute Gasteiger partial charge is 0.330 e. The van der Waals surface area contributed by atoms with Gasteiger partial charge < -0.3 is 38.6 Å². The Labute approximate surface area is 243 Å². The molecule has 0 radical (unpaired) electrons. The topological polar surface area (TPSA) is 198 Å². The van der Waals surface area contributed by atoms with Crippen LogP contribution in [0.25, 0.3) is 0 Å². The molecule has 0 fully saturated rings. The molecule has 0 aromatic heterocycles. The van der Waals surface area contributed by atoms with E-state index in [0.717, 1.165) is 36.5 Å². The van der Waals surface area contributed by atoms with Crippen LogP contribution >= 0.6 is 0 Å². The van der Waals surface area contributed by atoms with Crippen LogP contribution in [0.15, 0.2) is 75.9 Å². The molecule has 0 saturated heterocycles. The minimum absolute atomic E-state index is 0.282. The summed E-state index contributed by atoms with van der Waals surface area (Å²) in [6.45, 7) is 16.3. The van der Waals surface area contributed by atoms with Crippen molar-refractivity contribution in [3.8, 4) is 0 Å². The molecule has 0 aliphatic heterocycles. The van der Waals surface area contributed by atoms with Gasteiger partial charge in [0.1, 0.15) is 45.1 Å². The van der Waals surface area contributed by atoms with Crippen molar-refractivity contribution < 1.29 is 67.4 Å². The van der Waals surface area contributed by atoms with Crippen molar-refractivity contribution in [1.29, 1.82) is 0 Å². The lowest BCUT2D eigenvalue weighted by atomic mass is 9.92. The van der Waals surface area contributed by atoms with Gasteiger partial charge in [0.2, 0.25) is 0 Å². The molecule has 0 unspecified atom stereocenters. The molecule has 0 amide bonds. The van der Waals surface area contributed by atoms with E-state index < -0.39 is 59.9 Å². The Morgan fingerprint density at radius 3 is 0.714 bits per heavy atom. The molecule has 232 valence electrons. The minimum atomic E-state index is -1.34. The maximum absolute atomic E-state index is 11.3. The standard InChI is InChI=1S/C17H20O8.C11H16O6/c1-5-13(18)22-9-17(10-23-14(19)6-2,11-24-15(20)7-3)12-25-16(21)8-4;1-3-9(14)16-7-11(5-12,6-13)8-17-10(15)4-2/h5-8H,1-4,9-12H2;3-4,12-13H,1-2,5-8H2. The number of aliphatic hydroxyl groups excluding tert-OH is 2. The molecule has 14 heteroatoms. The molecule has 0 aliphatic rings. The summed E-state index contributed by atoms with van der Waals surface area (Å²) in [7, 11) is 0. The van der Waals surface area contributed by atoms with Crippen LogP contribution in [0.2, 0.25) is 0 Å². The summed E-state index contributed by atoms with van der Waals surface area (Å²) in [5, 5.41) is 18.3. The Hall–Kier alpha value is -4.82. The first kappa shape index (κ1) is 39.3. The van der Waals surface area contributed by atoms with Gasteiger partial charge in [-0.25, -0.2) is 28.8 Å². The number of ether oxygens (including phenoxy) is 6. The van der Waals surface area contributed by atoms with Crippen LogP contribution in [0.4, 0.5) is 0 Å². The quantitative estimate of drug-likeness (QED) is 0.111. The zero-order valence-corrected chi connectivity index (χ0v) is 23.2. The predicted molar refractivity (Wildman–Crippen MR) is 146 cm³/mol. The van der Waals surface area contributed by atoms with Crippen LogP contribution in [-0.4, -0.2) is 98.9 Å². The maximum Gasteiger partial charge on any atom is 0.330 e. The van der Waals surface area contributed by atoms with Crippen molar-refractivity contribution in [2.45, 2.75) is 0 Å². The van der Waals surface area contributed by atoms with E-state index in [1.165, 1.54) is 0 Å². The second-order valence-corrected chi connectivity index (χ2v) is 8.19. The van der Waals surface area contributed by atoms with Crippen molar-refractivity contribution >= 4 is 35.8 Å². The maximum atomic E-state index is 11.3. The third-order valence-electron chi connectivity index (χ3n) is 4.79. The number of carbonyl (C=O) groups is 6. The van der Waals surface area contributed by atoms with Gasteiger partial charge >= 0.3 is 35.8 Å². The lowest BCUT2D eigenvalue weighted by Gasteiger charge is -2.31. The van der Waals surface area contributed by atoms with Crippen LogP contribution in [0.3, 0.4) is 0 Å². The van der Waals surface area contributed by atoms with E-state index in [1.807, 2.05) is 0 Å². The van der Waals surface area contributed by atoms with Crippen molar-refractivity contribution in [3.63, 3.8) is 0 Å². The average Bonchev–Trinajstić information content (AvgIpc) is 3.03. The van der Waals surface area contributed by atoms with Crippen LogP contribution in [0.1, 0.15) is 0 Å². The summed E-state index contributed by atoms with van der Waals surface area (Å²) in [4.78, 5) is 67.0. The summed E-state index contributed by atoms with van der Waals surface area (Å²) in [6, 6.07) is 0. The van der Waals surface area contributed by atoms with Crippen molar-refractivity contribution in [1.82, 2.24) is 0 Å². The third kappa shape index (κ3) is 17.0. The van der Waals surface area contributed by atoms with E-state index in [-0.39, 0.29) is 39.6 Å².